The molecule has 6 heteroatoms. The molecule has 1 fully saturated rings. The molecule has 1 aliphatic heterocycles. The maximum Gasteiger partial charge on any atom is 0.253 e. The first-order valence-electron chi connectivity index (χ1n) is 9.32. The van der Waals surface area contributed by atoms with Crippen molar-refractivity contribution in [2.45, 2.75) is 26.3 Å². The van der Waals surface area contributed by atoms with Crippen LogP contribution in [0.5, 0.6) is 5.75 Å². The molecule has 0 bridgehead atoms. The number of ether oxygens (including phenoxy) is 1. The predicted molar refractivity (Wildman–Crippen MR) is 105 cm³/mol. The van der Waals surface area contributed by atoms with E-state index in [0.717, 1.165) is 16.9 Å². The highest BCUT2D eigenvalue weighted by Gasteiger charge is 2.28. The normalized spacial score (nSPS) is 13.7. The van der Waals surface area contributed by atoms with Gasteiger partial charge in [-0.3, -0.25) is 19.3 Å². The largest absolute Gasteiger partial charge is 0.491 e. The number of nitrogens with zero attached hydrogens (tertiary/aromatic N) is 2. The van der Waals surface area contributed by atoms with Crippen molar-refractivity contribution in [2.24, 2.45) is 0 Å². The van der Waals surface area contributed by atoms with Gasteiger partial charge in [0, 0.05) is 25.5 Å². The Morgan fingerprint density at radius 2 is 1.68 bits per heavy atom. The number of para-hydroxylation sites is 1. The number of carbonyl (C=O) groups is 3. The lowest BCUT2D eigenvalue weighted by Gasteiger charge is -2.18. The van der Waals surface area contributed by atoms with Crippen LogP contribution in [0.3, 0.4) is 0 Å². The minimum Gasteiger partial charge on any atom is -0.491 e. The molecule has 0 saturated carbocycles. The predicted octanol–water partition coefficient (Wildman–Crippen LogP) is 2.80. The van der Waals surface area contributed by atoms with Crippen LogP contribution in [0, 0.1) is 6.92 Å². The molecule has 2 aromatic carbocycles. The van der Waals surface area contributed by atoms with Crippen molar-refractivity contribution in [1.82, 2.24) is 9.80 Å². The fourth-order valence-electron chi connectivity index (χ4n) is 3.07. The first-order chi connectivity index (χ1) is 13.5. The van der Waals surface area contributed by atoms with Gasteiger partial charge in [-0.2, -0.15) is 0 Å². The van der Waals surface area contributed by atoms with Gasteiger partial charge in [0.1, 0.15) is 12.4 Å². The van der Waals surface area contributed by atoms with Crippen LogP contribution in [0.15, 0.2) is 48.5 Å². The van der Waals surface area contributed by atoms with E-state index in [-0.39, 0.29) is 37.1 Å². The molecule has 0 N–H and O–H groups in total. The number of likely N-dealkylation sites (N-methyl/N-ethyl adjacent to an activating group) is 1. The van der Waals surface area contributed by atoms with Crippen LogP contribution in [0.2, 0.25) is 0 Å². The van der Waals surface area contributed by atoms with Gasteiger partial charge >= 0.3 is 0 Å². The van der Waals surface area contributed by atoms with Crippen LogP contribution in [-0.4, -0.2) is 47.7 Å². The number of imide groups is 1. The summed E-state index contributed by atoms with van der Waals surface area (Å²) in [5, 5.41) is 0. The van der Waals surface area contributed by atoms with E-state index in [2.05, 4.69) is 0 Å². The Balaban J connectivity index is 1.52. The van der Waals surface area contributed by atoms with Crippen LogP contribution < -0.4 is 4.74 Å². The summed E-state index contributed by atoms with van der Waals surface area (Å²) in [6.45, 7) is 3.11. The summed E-state index contributed by atoms with van der Waals surface area (Å²) in [5.74, 6) is 0.434. The summed E-state index contributed by atoms with van der Waals surface area (Å²) in [5.41, 5.74) is 2.44. The van der Waals surface area contributed by atoms with Gasteiger partial charge in [0.05, 0.1) is 13.1 Å². The maximum absolute atomic E-state index is 12.6. The summed E-state index contributed by atoms with van der Waals surface area (Å²) >= 11 is 0. The first-order valence-corrected chi connectivity index (χ1v) is 9.32. The fourth-order valence-corrected chi connectivity index (χ4v) is 3.07. The number of rotatable bonds is 7. The maximum atomic E-state index is 12.6. The Labute approximate surface area is 164 Å². The number of amides is 3. The standard InChI is InChI=1S/C22H24N2O4/c1-16-5-3-4-6-19(16)28-14-13-23(2)22(27)18-9-7-17(8-10-18)15-24-20(25)11-12-21(24)26/h3-10H,11-15H2,1-2H3. The topological polar surface area (TPSA) is 66.9 Å². The fraction of sp³-hybridized carbons (Fsp3) is 0.318. The molecule has 6 nitrogen and oxygen atoms in total. The third-order valence-corrected chi connectivity index (χ3v) is 4.82. The van der Waals surface area contributed by atoms with Gasteiger partial charge in [-0.25, -0.2) is 0 Å². The van der Waals surface area contributed by atoms with E-state index in [0.29, 0.717) is 18.7 Å². The summed E-state index contributed by atoms with van der Waals surface area (Å²) in [6.07, 6.45) is 0.565. The molecular weight excluding hydrogens is 356 g/mol. The Hall–Kier alpha value is -3.15. The lowest BCUT2D eigenvalue weighted by atomic mass is 10.1. The minimum absolute atomic E-state index is 0.103. The SMILES string of the molecule is Cc1ccccc1OCCN(C)C(=O)c1ccc(CN2C(=O)CCC2=O)cc1. The Morgan fingerprint density at radius 3 is 2.32 bits per heavy atom. The molecule has 0 aromatic heterocycles. The zero-order valence-corrected chi connectivity index (χ0v) is 16.2. The van der Waals surface area contributed by atoms with E-state index in [9.17, 15) is 14.4 Å². The van der Waals surface area contributed by atoms with E-state index in [1.807, 2.05) is 31.2 Å². The zero-order chi connectivity index (χ0) is 20.1. The third kappa shape index (κ3) is 4.57. The molecule has 0 aliphatic carbocycles. The van der Waals surface area contributed by atoms with Crippen molar-refractivity contribution < 1.29 is 19.1 Å². The molecule has 3 amide bonds. The van der Waals surface area contributed by atoms with Crippen LogP contribution in [0.1, 0.15) is 34.3 Å². The molecule has 1 aliphatic rings. The van der Waals surface area contributed by atoms with E-state index >= 15 is 0 Å². The number of benzene rings is 2. The van der Waals surface area contributed by atoms with Crippen molar-refractivity contribution in [2.75, 3.05) is 20.2 Å². The molecule has 1 saturated heterocycles. The zero-order valence-electron chi connectivity index (χ0n) is 16.2. The highest BCUT2D eigenvalue weighted by Crippen LogP contribution is 2.17. The van der Waals surface area contributed by atoms with Crippen molar-refractivity contribution in [1.29, 1.82) is 0 Å². The molecule has 0 atom stereocenters. The Bertz CT molecular complexity index is 860. The van der Waals surface area contributed by atoms with E-state index in [1.54, 1.807) is 36.2 Å². The monoisotopic (exact) mass is 380 g/mol. The minimum atomic E-state index is -0.140. The number of hydrogen-bond donors (Lipinski definition) is 0. The van der Waals surface area contributed by atoms with E-state index in [4.69, 9.17) is 4.74 Å². The number of carbonyl (C=O) groups excluding carboxylic acids is 3. The van der Waals surface area contributed by atoms with Gasteiger partial charge in [-0.05, 0) is 36.2 Å². The van der Waals surface area contributed by atoms with Crippen LogP contribution >= 0.6 is 0 Å². The number of hydrogen-bond acceptors (Lipinski definition) is 4. The third-order valence-electron chi connectivity index (χ3n) is 4.82. The van der Waals surface area contributed by atoms with Gasteiger partial charge in [0.2, 0.25) is 11.8 Å². The quantitative estimate of drug-likeness (QED) is 0.693. The van der Waals surface area contributed by atoms with Crippen molar-refractivity contribution >= 4 is 17.7 Å². The smallest absolute Gasteiger partial charge is 0.253 e. The van der Waals surface area contributed by atoms with E-state index < -0.39 is 0 Å². The second-order valence-electron chi connectivity index (χ2n) is 6.91. The van der Waals surface area contributed by atoms with Crippen molar-refractivity contribution in [3.63, 3.8) is 0 Å². The Morgan fingerprint density at radius 1 is 1.04 bits per heavy atom. The highest BCUT2D eigenvalue weighted by molar-refractivity contribution is 6.01. The van der Waals surface area contributed by atoms with Crippen LogP contribution in [-0.2, 0) is 16.1 Å². The lowest BCUT2D eigenvalue weighted by molar-refractivity contribution is -0.139. The molecule has 2 aromatic rings. The second kappa shape index (κ2) is 8.69. The van der Waals surface area contributed by atoms with Gasteiger partial charge in [-0.15, -0.1) is 0 Å². The number of aryl methyl sites for hydroxylation is 1. The summed E-state index contributed by atoms with van der Waals surface area (Å²) in [4.78, 5) is 38.9. The van der Waals surface area contributed by atoms with Crippen molar-refractivity contribution in [3.8, 4) is 5.75 Å². The molecular formula is C22H24N2O4. The molecule has 3 rings (SSSR count). The lowest BCUT2D eigenvalue weighted by Crippen LogP contribution is -2.31. The summed E-state index contributed by atoms with van der Waals surface area (Å²) in [6, 6.07) is 14.8. The summed E-state index contributed by atoms with van der Waals surface area (Å²) < 4.78 is 5.74. The van der Waals surface area contributed by atoms with Gasteiger partial charge in [0.15, 0.2) is 0 Å². The Kier molecular flexibility index (Phi) is 6.09. The van der Waals surface area contributed by atoms with Gasteiger partial charge < -0.3 is 9.64 Å². The highest BCUT2D eigenvalue weighted by atomic mass is 16.5. The molecule has 28 heavy (non-hydrogen) atoms. The van der Waals surface area contributed by atoms with Crippen molar-refractivity contribution in [3.05, 3.63) is 65.2 Å². The molecule has 0 unspecified atom stereocenters. The van der Waals surface area contributed by atoms with Crippen LogP contribution in [0.4, 0.5) is 0 Å². The average Bonchev–Trinajstić information content (AvgIpc) is 3.01. The average molecular weight is 380 g/mol. The van der Waals surface area contributed by atoms with E-state index in [1.165, 1.54) is 4.90 Å². The first kappa shape index (κ1) is 19.6. The molecule has 0 radical (unpaired) electrons. The second-order valence-corrected chi connectivity index (χ2v) is 6.91. The van der Waals surface area contributed by atoms with Gasteiger partial charge in [0.25, 0.3) is 5.91 Å². The summed E-state index contributed by atoms with van der Waals surface area (Å²) in [7, 11) is 1.74. The number of likely N-dealkylation sites (tertiary alicyclic amines) is 1. The van der Waals surface area contributed by atoms with Gasteiger partial charge in [-0.1, -0.05) is 30.3 Å². The van der Waals surface area contributed by atoms with Crippen LogP contribution in [0.25, 0.3) is 0 Å². The molecule has 0 spiro atoms. The molecule has 146 valence electrons. The molecule has 1 heterocycles.